The van der Waals surface area contributed by atoms with Crippen molar-refractivity contribution in [3.63, 3.8) is 0 Å². The second-order valence-electron chi connectivity index (χ2n) is 6.19. The van der Waals surface area contributed by atoms with Gasteiger partial charge in [0.05, 0.1) is 12.3 Å². The molecular weight excluding hydrogens is 332 g/mol. The highest BCUT2D eigenvalue weighted by atomic mass is 16.5. The van der Waals surface area contributed by atoms with E-state index in [-0.39, 0.29) is 12.1 Å². The number of fused-ring (bicyclic) bond motifs is 1. The summed E-state index contributed by atoms with van der Waals surface area (Å²) in [6, 6.07) is 13.2. The lowest BCUT2D eigenvalue weighted by Gasteiger charge is -2.23. The van der Waals surface area contributed by atoms with Gasteiger partial charge in [0.15, 0.2) is 0 Å². The minimum Gasteiger partial charge on any atom is -0.467 e. The first kappa shape index (κ1) is 18.1. The summed E-state index contributed by atoms with van der Waals surface area (Å²) in [4.78, 5) is 14.0. The average molecular weight is 356 g/mol. The fourth-order valence-corrected chi connectivity index (χ4v) is 2.64. The number of para-hydroxylation sites is 1. The topological polar surface area (TPSA) is 67.9 Å². The SMILES string of the molecule is CC(c1cc2ccccc2o1)N(C)C(=O)NCCCOCc1ccco1. The Kier molecular flexibility index (Phi) is 5.96. The highest BCUT2D eigenvalue weighted by Crippen LogP contribution is 2.26. The molecule has 6 nitrogen and oxygen atoms in total. The van der Waals surface area contributed by atoms with Crippen molar-refractivity contribution < 1.29 is 18.4 Å². The molecule has 0 fully saturated rings. The molecule has 0 aliphatic heterocycles. The third kappa shape index (κ3) is 4.46. The quantitative estimate of drug-likeness (QED) is 0.610. The van der Waals surface area contributed by atoms with E-state index >= 15 is 0 Å². The Morgan fingerprint density at radius 2 is 2.12 bits per heavy atom. The summed E-state index contributed by atoms with van der Waals surface area (Å²) >= 11 is 0. The fraction of sp³-hybridized carbons (Fsp3) is 0.350. The third-order valence-corrected chi connectivity index (χ3v) is 4.32. The zero-order chi connectivity index (χ0) is 18.4. The van der Waals surface area contributed by atoms with E-state index in [1.807, 2.05) is 49.4 Å². The molecule has 0 bridgehead atoms. The van der Waals surface area contributed by atoms with E-state index in [0.717, 1.165) is 28.9 Å². The van der Waals surface area contributed by atoms with E-state index in [4.69, 9.17) is 13.6 Å². The number of nitrogens with zero attached hydrogens (tertiary/aromatic N) is 1. The predicted molar refractivity (Wildman–Crippen MR) is 98.8 cm³/mol. The molecule has 0 spiro atoms. The van der Waals surface area contributed by atoms with Crippen molar-refractivity contribution in [2.24, 2.45) is 0 Å². The molecule has 0 aliphatic rings. The number of carbonyl (C=O) groups excluding carboxylic acids is 1. The molecule has 2 aromatic heterocycles. The van der Waals surface area contributed by atoms with Gasteiger partial charge in [-0.25, -0.2) is 4.79 Å². The van der Waals surface area contributed by atoms with Gasteiger partial charge in [-0.15, -0.1) is 0 Å². The van der Waals surface area contributed by atoms with Crippen LogP contribution in [-0.4, -0.2) is 31.1 Å². The molecule has 2 amide bonds. The van der Waals surface area contributed by atoms with Crippen LogP contribution < -0.4 is 5.32 Å². The number of amides is 2. The van der Waals surface area contributed by atoms with Crippen molar-refractivity contribution in [1.82, 2.24) is 10.2 Å². The van der Waals surface area contributed by atoms with Crippen molar-refractivity contribution in [2.75, 3.05) is 20.2 Å². The van der Waals surface area contributed by atoms with Gasteiger partial charge in [-0.2, -0.15) is 0 Å². The van der Waals surface area contributed by atoms with Gasteiger partial charge in [-0.3, -0.25) is 0 Å². The number of carbonyl (C=O) groups is 1. The van der Waals surface area contributed by atoms with Crippen LogP contribution in [0.4, 0.5) is 4.79 Å². The first-order valence-corrected chi connectivity index (χ1v) is 8.74. The molecule has 0 saturated carbocycles. The van der Waals surface area contributed by atoms with Crippen LogP contribution in [0.1, 0.15) is 30.9 Å². The van der Waals surface area contributed by atoms with Crippen LogP contribution in [0.3, 0.4) is 0 Å². The standard InChI is InChI=1S/C20H24N2O4/c1-15(19-13-16-7-3-4-9-18(16)26-19)22(2)20(23)21-10-6-11-24-14-17-8-5-12-25-17/h3-5,7-9,12-13,15H,6,10-11,14H2,1-2H3,(H,21,23). The lowest BCUT2D eigenvalue weighted by atomic mass is 10.2. The highest BCUT2D eigenvalue weighted by Gasteiger charge is 2.20. The van der Waals surface area contributed by atoms with E-state index in [1.54, 1.807) is 18.2 Å². The number of urea groups is 1. The summed E-state index contributed by atoms with van der Waals surface area (Å²) in [5, 5.41) is 3.94. The van der Waals surface area contributed by atoms with Crippen LogP contribution >= 0.6 is 0 Å². The first-order chi connectivity index (χ1) is 12.6. The molecule has 1 atom stereocenters. The summed E-state index contributed by atoms with van der Waals surface area (Å²) in [5.41, 5.74) is 0.830. The monoisotopic (exact) mass is 356 g/mol. The van der Waals surface area contributed by atoms with Crippen LogP contribution in [0.5, 0.6) is 0 Å². The van der Waals surface area contributed by atoms with Gasteiger partial charge in [-0.05, 0) is 37.6 Å². The minimum absolute atomic E-state index is 0.135. The first-order valence-electron chi connectivity index (χ1n) is 8.74. The maximum absolute atomic E-state index is 12.3. The maximum Gasteiger partial charge on any atom is 0.317 e. The molecule has 3 aromatic rings. The van der Waals surface area contributed by atoms with Gasteiger partial charge in [0.1, 0.15) is 23.7 Å². The Morgan fingerprint density at radius 1 is 1.27 bits per heavy atom. The van der Waals surface area contributed by atoms with Gasteiger partial charge < -0.3 is 23.8 Å². The highest BCUT2D eigenvalue weighted by molar-refractivity contribution is 5.78. The number of hydrogen-bond acceptors (Lipinski definition) is 4. The summed E-state index contributed by atoms with van der Waals surface area (Å²) < 4.78 is 16.5. The van der Waals surface area contributed by atoms with Crippen LogP contribution in [0.25, 0.3) is 11.0 Å². The zero-order valence-electron chi connectivity index (χ0n) is 15.1. The van der Waals surface area contributed by atoms with Crippen molar-refractivity contribution in [2.45, 2.75) is 26.0 Å². The predicted octanol–water partition coefficient (Wildman–Crippen LogP) is 4.34. The average Bonchev–Trinajstić information content (AvgIpc) is 3.32. The van der Waals surface area contributed by atoms with Crippen LogP contribution in [0.2, 0.25) is 0 Å². The Labute approximate surface area is 152 Å². The van der Waals surface area contributed by atoms with Crippen molar-refractivity contribution in [3.05, 3.63) is 60.2 Å². The van der Waals surface area contributed by atoms with Gasteiger partial charge >= 0.3 is 6.03 Å². The van der Waals surface area contributed by atoms with Crippen molar-refractivity contribution >= 4 is 17.0 Å². The molecular formula is C20H24N2O4. The summed E-state index contributed by atoms with van der Waals surface area (Å²) in [7, 11) is 1.76. The smallest absolute Gasteiger partial charge is 0.317 e. The summed E-state index contributed by atoms with van der Waals surface area (Å²) in [6.45, 7) is 3.51. The number of rotatable bonds is 8. The lowest BCUT2D eigenvalue weighted by molar-refractivity contribution is 0.104. The molecule has 0 radical (unpaired) electrons. The van der Waals surface area contributed by atoms with Crippen molar-refractivity contribution in [3.8, 4) is 0 Å². The lowest BCUT2D eigenvalue weighted by Crippen LogP contribution is -2.39. The molecule has 1 N–H and O–H groups in total. The molecule has 26 heavy (non-hydrogen) atoms. The van der Waals surface area contributed by atoms with Gasteiger partial charge in [0.25, 0.3) is 0 Å². The number of furan rings is 2. The third-order valence-electron chi connectivity index (χ3n) is 4.32. The van der Waals surface area contributed by atoms with Gasteiger partial charge in [-0.1, -0.05) is 18.2 Å². The number of ether oxygens (including phenoxy) is 1. The van der Waals surface area contributed by atoms with Gasteiger partial charge in [0.2, 0.25) is 0 Å². The second kappa shape index (κ2) is 8.58. The van der Waals surface area contributed by atoms with E-state index < -0.39 is 0 Å². The molecule has 0 saturated heterocycles. The Morgan fingerprint density at radius 3 is 2.88 bits per heavy atom. The van der Waals surface area contributed by atoms with E-state index in [0.29, 0.717) is 19.8 Å². The molecule has 3 rings (SSSR count). The largest absolute Gasteiger partial charge is 0.467 e. The Hall–Kier alpha value is -2.73. The number of hydrogen-bond donors (Lipinski definition) is 1. The Balaban J connectivity index is 1.40. The molecule has 1 unspecified atom stereocenters. The summed E-state index contributed by atoms with van der Waals surface area (Å²) in [6.07, 6.45) is 2.36. The van der Waals surface area contributed by atoms with E-state index in [1.165, 1.54) is 0 Å². The van der Waals surface area contributed by atoms with Gasteiger partial charge in [0, 0.05) is 25.6 Å². The molecule has 1 aromatic carbocycles. The zero-order valence-corrected chi connectivity index (χ0v) is 15.1. The number of benzene rings is 1. The molecule has 138 valence electrons. The molecule has 6 heteroatoms. The van der Waals surface area contributed by atoms with Crippen LogP contribution in [0.15, 0.2) is 57.6 Å². The second-order valence-corrected chi connectivity index (χ2v) is 6.19. The maximum atomic E-state index is 12.3. The van der Waals surface area contributed by atoms with Crippen LogP contribution in [-0.2, 0) is 11.3 Å². The van der Waals surface area contributed by atoms with Crippen molar-refractivity contribution in [1.29, 1.82) is 0 Å². The molecule has 2 heterocycles. The summed E-state index contributed by atoms with van der Waals surface area (Å²) in [5.74, 6) is 1.57. The Bertz CT molecular complexity index is 792. The normalized spacial score (nSPS) is 12.2. The fourth-order valence-electron chi connectivity index (χ4n) is 2.64. The molecule has 0 aliphatic carbocycles. The van der Waals surface area contributed by atoms with Crippen LogP contribution in [0, 0.1) is 0 Å². The minimum atomic E-state index is -0.155. The van der Waals surface area contributed by atoms with E-state index in [2.05, 4.69) is 5.32 Å². The number of nitrogens with one attached hydrogen (secondary N) is 1. The van der Waals surface area contributed by atoms with E-state index in [9.17, 15) is 4.79 Å².